The van der Waals surface area contributed by atoms with Crippen LogP contribution in [-0.2, 0) is 22.5 Å². The predicted octanol–water partition coefficient (Wildman–Crippen LogP) is 3.56. The Balaban J connectivity index is 1.30. The quantitative estimate of drug-likeness (QED) is 0.829. The highest BCUT2D eigenvalue weighted by atomic mass is 16.5. The maximum absolute atomic E-state index is 12.8. The van der Waals surface area contributed by atoms with Crippen molar-refractivity contribution in [3.8, 4) is 0 Å². The Morgan fingerprint density at radius 2 is 1.94 bits per heavy atom. The van der Waals surface area contributed by atoms with Gasteiger partial charge >= 0.3 is 0 Å². The molecule has 31 heavy (non-hydrogen) atoms. The minimum atomic E-state index is -0.0942. The summed E-state index contributed by atoms with van der Waals surface area (Å²) in [6.45, 7) is 4.62. The largest absolute Gasteiger partial charge is 0.381 e. The summed E-state index contributed by atoms with van der Waals surface area (Å²) in [5.41, 5.74) is 6.09. The summed E-state index contributed by atoms with van der Waals surface area (Å²) in [6.07, 6.45) is 2.97. The summed E-state index contributed by atoms with van der Waals surface area (Å²) in [5, 5.41) is 3.09. The molecule has 3 aliphatic heterocycles. The molecular formula is C25H28N4O2. The highest BCUT2D eigenvalue weighted by Gasteiger charge is 2.29. The Bertz CT molecular complexity index is 1050. The zero-order chi connectivity index (χ0) is 21.4. The van der Waals surface area contributed by atoms with Crippen LogP contribution in [0.4, 0.5) is 5.69 Å². The third-order valence-electron chi connectivity index (χ3n) is 6.54. The second kappa shape index (κ2) is 8.27. The number of carbonyl (C=O) groups is 1. The van der Waals surface area contributed by atoms with Gasteiger partial charge in [0, 0.05) is 32.2 Å². The third-order valence-corrected chi connectivity index (χ3v) is 6.54. The number of amidine groups is 1. The van der Waals surface area contributed by atoms with E-state index in [2.05, 4.69) is 22.3 Å². The average Bonchev–Trinajstić information content (AvgIpc) is 3.41. The Morgan fingerprint density at radius 3 is 2.68 bits per heavy atom. The SMILES string of the molecule is COC1CCN(C2=NCc3cc4c(cc32)N=C(C(=O)N[C@H](C)c2ccccc2)C4)CC1. The lowest BCUT2D eigenvalue weighted by Crippen LogP contribution is -2.40. The number of fused-ring (bicyclic) bond motifs is 2. The molecule has 0 aromatic heterocycles. The van der Waals surface area contributed by atoms with Crippen molar-refractivity contribution in [3.63, 3.8) is 0 Å². The molecule has 160 valence electrons. The minimum Gasteiger partial charge on any atom is -0.381 e. The zero-order valence-corrected chi connectivity index (χ0v) is 18.1. The summed E-state index contributed by atoms with van der Waals surface area (Å²) in [6, 6.07) is 14.3. The second-order valence-electron chi connectivity index (χ2n) is 8.54. The van der Waals surface area contributed by atoms with E-state index in [1.165, 1.54) is 5.56 Å². The lowest BCUT2D eigenvalue weighted by Gasteiger charge is -2.33. The molecule has 3 heterocycles. The molecule has 5 rings (SSSR count). The highest BCUT2D eigenvalue weighted by molar-refractivity contribution is 6.41. The Hall–Kier alpha value is -2.99. The Morgan fingerprint density at radius 1 is 1.16 bits per heavy atom. The van der Waals surface area contributed by atoms with Gasteiger partial charge in [0.2, 0.25) is 0 Å². The fourth-order valence-corrected chi connectivity index (χ4v) is 4.69. The van der Waals surface area contributed by atoms with Gasteiger partial charge in [-0.25, -0.2) is 4.99 Å². The summed E-state index contributed by atoms with van der Waals surface area (Å²) >= 11 is 0. The zero-order valence-electron chi connectivity index (χ0n) is 18.1. The average molecular weight is 417 g/mol. The van der Waals surface area contributed by atoms with Crippen LogP contribution in [0.3, 0.4) is 0 Å². The van der Waals surface area contributed by atoms with Crippen molar-refractivity contribution in [1.82, 2.24) is 10.2 Å². The highest BCUT2D eigenvalue weighted by Crippen LogP contribution is 2.34. The van der Waals surface area contributed by atoms with Gasteiger partial charge in [-0.05, 0) is 42.5 Å². The molecule has 6 heteroatoms. The number of ether oxygens (including phenoxy) is 1. The van der Waals surface area contributed by atoms with Crippen LogP contribution in [0, 0.1) is 0 Å². The van der Waals surface area contributed by atoms with E-state index < -0.39 is 0 Å². The van der Waals surface area contributed by atoms with Crippen molar-refractivity contribution in [1.29, 1.82) is 0 Å². The van der Waals surface area contributed by atoms with Gasteiger partial charge in [0.25, 0.3) is 5.91 Å². The number of likely N-dealkylation sites (tertiary alicyclic amines) is 1. The van der Waals surface area contributed by atoms with Crippen LogP contribution in [0.1, 0.15) is 48.1 Å². The molecule has 6 nitrogen and oxygen atoms in total. The van der Waals surface area contributed by atoms with Crippen molar-refractivity contribution >= 4 is 23.1 Å². The molecule has 0 saturated carbocycles. The molecule has 3 aliphatic rings. The van der Waals surface area contributed by atoms with Gasteiger partial charge in [0.05, 0.1) is 24.4 Å². The van der Waals surface area contributed by atoms with E-state index in [-0.39, 0.29) is 11.9 Å². The Labute approximate surface area is 183 Å². The van der Waals surface area contributed by atoms with Crippen LogP contribution in [0.2, 0.25) is 0 Å². The number of carbonyl (C=O) groups excluding carboxylic acids is 1. The summed E-state index contributed by atoms with van der Waals surface area (Å²) < 4.78 is 5.50. The number of rotatable bonds is 4. The molecule has 0 unspecified atom stereocenters. The molecule has 1 amide bonds. The molecule has 0 spiro atoms. The van der Waals surface area contributed by atoms with Crippen LogP contribution in [0.25, 0.3) is 0 Å². The molecule has 0 radical (unpaired) electrons. The van der Waals surface area contributed by atoms with Crippen LogP contribution in [-0.4, -0.2) is 48.7 Å². The maximum Gasteiger partial charge on any atom is 0.266 e. The number of nitrogens with zero attached hydrogens (tertiary/aromatic N) is 3. The number of piperidine rings is 1. The van der Waals surface area contributed by atoms with Crippen LogP contribution < -0.4 is 5.32 Å². The first-order valence-corrected chi connectivity index (χ1v) is 11.0. The maximum atomic E-state index is 12.8. The lowest BCUT2D eigenvalue weighted by atomic mass is 10.00. The third kappa shape index (κ3) is 3.88. The molecule has 1 fully saturated rings. The monoisotopic (exact) mass is 416 g/mol. The Kier molecular flexibility index (Phi) is 5.32. The number of nitrogens with one attached hydrogen (secondary N) is 1. The van der Waals surface area contributed by atoms with E-state index in [0.717, 1.165) is 54.1 Å². The van der Waals surface area contributed by atoms with Gasteiger partial charge in [-0.2, -0.15) is 0 Å². The van der Waals surface area contributed by atoms with E-state index in [9.17, 15) is 4.79 Å². The first-order chi connectivity index (χ1) is 15.1. The molecule has 1 saturated heterocycles. The van der Waals surface area contributed by atoms with Gasteiger partial charge in [0.15, 0.2) is 0 Å². The topological polar surface area (TPSA) is 66.3 Å². The number of hydrogen-bond donors (Lipinski definition) is 1. The molecular weight excluding hydrogens is 388 g/mol. The van der Waals surface area contributed by atoms with E-state index in [1.807, 2.05) is 37.3 Å². The van der Waals surface area contributed by atoms with Crippen LogP contribution in [0.15, 0.2) is 52.4 Å². The molecule has 2 aromatic rings. The fourth-order valence-electron chi connectivity index (χ4n) is 4.69. The molecule has 1 N–H and O–H groups in total. The molecule has 0 bridgehead atoms. The molecule has 0 aliphatic carbocycles. The van der Waals surface area contributed by atoms with Crippen molar-refractivity contribution in [2.45, 2.75) is 44.9 Å². The minimum absolute atomic E-state index is 0.0566. The van der Waals surface area contributed by atoms with Crippen molar-refractivity contribution in [2.24, 2.45) is 9.98 Å². The van der Waals surface area contributed by atoms with Gasteiger partial charge < -0.3 is 15.0 Å². The number of hydrogen-bond acceptors (Lipinski definition) is 5. The summed E-state index contributed by atoms with van der Waals surface area (Å²) in [4.78, 5) is 24.7. The van der Waals surface area contributed by atoms with Crippen molar-refractivity contribution < 1.29 is 9.53 Å². The fraction of sp³-hybridized carbons (Fsp3) is 0.400. The second-order valence-corrected chi connectivity index (χ2v) is 8.54. The molecule has 1 atom stereocenters. The number of aliphatic imine (C=N–C) groups is 2. The normalized spacial score (nSPS) is 18.8. The first kappa shape index (κ1) is 19.9. The number of benzene rings is 2. The first-order valence-electron chi connectivity index (χ1n) is 11.0. The van der Waals surface area contributed by atoms with E-state index >= 15 is 0 Å². The van der Waals surface area contributed by atoms with Gasteiger partial charge in [-0.1, -0.05) is 36.4 Å². The number of amides is 1. The van der Waals surface area contributed by atoms with Gasteiger partial charge in [-0.15, -0.1) is 0 Å². The summed E-state index contributed by atoms with van der Waals surface area (Å²) in [7, 11) is 1.79. The van der Waals surface area contributed by atoms with Gasteiger partial charge in [-0.3, -0.25) is 9.79 Å². The number of methoxy groups -OCH3 is 1. The van der Waals surface area contributed by atoms with E-state index in [1.54, 1.807) is 7.11 Å². The smallest absolute Gasteiger partial charge is 0.266 e. The standard InChI is InChI=1S/C25H28N4O2/c1-16(17-6-4-3-5-7-17)27-25(30)23-13-18-12-19-15-26-24(21(19)14-22(18)28-23)29-10-8-20(31-2)9-11-29/h3-7,12,14,16,20H,8-11,13,15H2,1-2H3,(H,27,30)/t16-/m1/s1. The van der Waals surface area contributed by atoms with E-state index in [4.69, 9.17) is 14.7 Å². The molecule has 2 aromatic carbocycles. The van der Waals surface area contributed by atoms with E-state index in [0.29, 0.717) is 24.8 Å². The van der Waals surface area contributed by atoms with Crippen molar-refractivity contribution in [3.05, 3.63) is 64.7 Å². The van der Waals surface area contributed by atoms with Gasteiger partial charge in [0.1, 0.15) is 11.5 Å². The van der Waals surface area contributed by atoms with Crippen LogP contribution >= 0.6 is 0 Å². The van der Waals surface area contributed by atoms with Crippen LogP contribution in [0.5, 0.6) is 0 Å². The van der Waals surface area contributed by atoms with Crippen molar-refractivity contribution in [2.75, 3.05) is 20.2 Å². The lowest BCUT2D eigenvalue weighted by molar-refractivity contribution is -0.115. The predicted molar refractivity (Wildman–Crippen MR) is 122 cm³/mol. The summed E-state index contributed by atoms with van der Waals surface area (Å²) in [5.74, 6) is 0.974.